The quantitative estimate of drug-likeness (QED) is 0.400. The highest BCUT2D eigenvalue weighted by molar-refractivity contribution is 5.99. The van der Waals surface area contributed by atoms with E-state index in [1.54, 1.807) is 22.9 Å². The van der Waals surface area contributed by atoms with Crippen molar-refractivity contribution in [3.8, 4) is 11.9 Å². The Kier molecular flexibility index (Phi) is 6.87. The number of ether oxygens (including phenoxy) is 1. The first-order chi connectivity index (χ1) is 18.9. The molecule has 0 bridgehead atoms. The summed E-state index contributed by atoms with van der Waals surface area (Å²) in [7, 11) is -2.78. The zero-order valence-corrected chi connectivity index (χ0v) is 20.9. The molecule has 3 aromatic heterocycles. The molecule has 0 radical (unpaired) electrons. The van der Waals surface area contributed by atoms with Crippen molar-refractivity contribution < 1.29 is 23.1 Å². The first-order valence-corrected chi connectivity index (χ1v) is 12.3. The number of carbonyl (C=O) groups is 1. The topological polar surface area (TPSA) is 125 Å². The van der Waals surface area contributed by atoms with Gasteiger partial charge in [-0.3, -0.25) is 9.36 Å². The van der Waals surface area contributed by atoms with Crippen molar-refractivity contribution in [1.29, 1.82) is 5.26 Å². The molecule has 4 rings (SSSR count). The first kappa shape index (κ1) is 22.6. The number of aliphatic hydroxyl groups is 1. The fraction of sp³-hybridized carbons (Fsp3) is 0.481. The number of hydrogen-bond donors (Lipinski definition) is 3. The van der Waals surface area contributed by atoms with Crippen LogP contribution in [0.3, 0.4) is 0 Å². The van der Waals surface area contributed by atoms with Crippen LogP contribution in [0.2, 0.25) is 0 Å². The molecule has 3 atom stereocenters. The van der Waals surface area contributed by atoms with E-state index >= 15 is 0 Å². The molecular formula is C27H33FN6O3. The summed E-state index contributed by atoms with van der Waals surface area (Å²) < 4.78 is 43.3. The van der Waals surface area contributed by atoms with Gasteiger partial charge in [0.15, 0.2) is 0 Å². The number of fused-ring (bicyclic) bond motifs is 1. The second-order valence-corrected chi connectivity index (χ2v) is 9.96. The molecule has 9 nitrogen and oxygen atoms in total. The highest BCUT2D eigenvalue weighted by Crippen LogP contribution is 2.29. The van der Waals surface area contributed by atoms with E-state index < -0.39 is 31.3 Å². The number of amides is 1. The second kappa shape index (κ2) is 11.2. The third kappa shape index (κ3) is 5.89. The van der Waals surface area contributed by atoms with Crippen LogP contribution in [0.1, 0.15) is 59.6 Å². The molecule has 3 aromatic rings. The maximum atomic E-state index is 14.9. The summed E-state index contributed by atoms with van der Waals surface area (Å²) >= 11 is 0. The molecule has 37 heavy (non-hydrogen) atoms. The first-order valence-electron chi connectivity index (χ1n) is 13.8. The van der Waals surface area contributed by atoms with Crippen molar-refractivity contribution in [2.24, 2.45) is 5.92 Å². The van der Waals surface area contributed by atoms with Crippen LogP contribution < -0.4 is 10.6 Å². The lowest BCUT2D eigenvalue weighted by atomic mass is 9.86. The van der Waals surface area contributed by atoms with E-state index in [0.717, 1.165) is 31.1 Å². The summed E-state index contributed by atoms with van der Waals surface area (Å²) in [6, 6.07) is 7.33. The number of alkyl halides is 1. The number of anilines is 1. The fourth-order valence-electron chi connectivity index (χ4n) is 4.54. The van der Waals surface area contributed by atoms with Gasteiger partial charge in [0.25, 0.3) is 5.91 Å². The Morgan fingerprint density at radius 3 is 3.00 bits per heavy atom. The predicted octanol–water partition coefficient (Wildman–Crippen LogP) is 3.75. The number of nitrogens with zero attached hydrogens (tertiary/aromatic N) is 4. The van der Waals surface area contributed by atoms with E-state index in [2.05, 4.69) is 26.7 Å². The molecule has 0 saturated heterocycles. The van der Waals surface area contributed by atoms with Gasteiger partial charge in [-0.25, -0.2) is 14.4 Å². The van der Waals surface area contributed by atoms with Crippen molar-refractivity contribution in [3.63, 3.8) is 0 Å². The zero-order chi connectivity index (χ0) is 29.1. The molecule has 1 saturated carbocycles. The van der Waals surface area contributed by atoms with Crippen LogP contribution in [-0.4, -0.2) is 63.6 Å². The van der Waals surface area contributed by atoms with E-state index in [-0.39, 0.29) is 24.1 Å². The van der Waals surface area contributed by atoms with Gasteiger partial charge in [0, 0.05) is 49.7 Å². The summed E-state index contributed by atoms with van der Waals surface area (Å²) in [4.78, 5) is 22.1. The molecule has 0 aromatic carbocycles. The van der Waals surface area contributed by atoms with Gasteiger partial charge in [0.1, 0.15) is 23.7 Å². The molecule has 1 fully saturated rings. The van der Waals surface area contributed by atoms with Crippen molar-refractivity contribution in [2.45, 2.75) is 57.3 Å². The summed E-state index contributed by atoms with van der Waals surface area (Å²) in [6.45, 7) is 2.25. The van der Waals surface area contributed by atoms with Crippen LogP contribution in [0, 0.1) is 17.2 Å². The number of halogens is 1. The molecule has 1 amide bonds. The van der Waals surface area contributed by atoms with Gasteiger partial charge in [0.05, 0.1) is 33.1 Å². The molecular weight excluding hydrogens is 475 g/mol. The minimum absolute atomic E-state index is 0.00552. The molecule has 1 aliphatic rings. The number of aromatic nitrogens is 3. The Hall–Kier alpha value is -3.55. The van der Waals surface area contributed by atoms with E-state index in [9.17, 15) is 19.6 Å². The van der Waals surface area contributed by atoms with Crippen LogP contribution in [0.25, 0.3) is 16.9 Å². The van der Waals surface area contributed by atoms with Gasteiger partial charge < -0.3 is 20.5 Å². The number of rotatable bonds is 9. The van der Waals surface area contributed by atoms with Crippen LogP contribution in [0.4, 0.5) is 10.1 Å². The maximum Gasteiger partial charge on any atom is 0.255 e. The van der Waals surface area contributed by atoms with Crippen LogP contribution in [-0.2, 0) is 4.74 Å². The smallest absolute Gasteiger partial charge is 0.255 e. The van der Waals surface area contributed by atoms with Crippen molar-refractivity contribution in [1.82, 2.24) is 19.9 Å². The molecule has 0 aliphatic heterocycles. The van der Waals surface area contributed by atoms with Crippen LogP contribution in [0.15, 0.2) is 36.8 Å². The maximum absolute atomic E-state index is 14.9. The minimum atomic E-state index is -2.78. The Morgan fingerprint density at radius 1 is 1.41 bits per heavy atom. The molecule has 3 N–H and O–H groups in total. The number of carbonyl (C=O) groups excluding carboxylic acids is 1. The van der Waals surface area contributed by atoms with Gasteiger partial charge in [-0.1, -0.05) is 6.42 Å². The van der Waals surface area contributed by atoms with Gasteiger partial charge in [-0.05, 0) is 51.2 Å². The van der Waals surface area contributed by atoms with E-state index in [1.807, 2.05) is 6.07 Å². The highest BCUT2D eigenvalue weighted by Gasteiger charge is 2.30. The number of hydrogen-bond acceptors (Lipinski definition) is 7. The average molecular weight is 512 g/mol. The number of aliphatic hydroxyl groups excluding tert-OH is 1. The fourth-order valence-corrected chi connectivity index (χ4v) is 4.54. The predicted molar refractivity (Wildman–Crippen MR) is 138 cm³/mol. The standard InChI is InChI=1S/C27H33FN6O3/c1-27(2,37-3)23(28)15-32-26(36)21-14-30-24(11-22(21)33-20-6-4-5-17(10-20)16-35)34-8-7-19-9-18(12-29)13-31-25(19)34/h7-9,11,13-14,17,20,23,35H,4-6,10,15-16H2,1-3H3,(H,30,33)(H,32,36)/t17?,20?,23-/m1/s1/i3D3. The Balaban J connectivity index is 1.61. The number of nitriles is 1. The Morgan fingerprint density at radius 2 is 2.24 bits per heavy atom. The average Bonchev–Trinajstić information content (AvgIpc) is 3.33. The van der Waals surface area contributed by atoms with Crippen molar-refractivity contribution >= 4 is 22.6 Å². The summed E-state index contributed by atoms with van der Waals surface area (Å²) in [6.07, 6.45) is 6.29. The van der Waals surface area contributed by atoms with E-state index in [4.69, 9.17) is 8.85 Å². The Labute approximate surface area is 219 Å². The van der Waals surface area contributed by atoms with Gasteiger partial charge >= 0.3 is 0 Å². The number of methoxy groups -OCH3 is 1. The third-order valence-electron chi connectivity index (χ3n) is 6.90. The molecule has 2 unspecified atom stereocenters. The Bertz CT molecular complexity index is 1400. The van der Waals surface area contributed by atoms with E-state index in [1.165, 1.54) is 26.2 Å². The lowest BCUT2D eigenvalue weighted by Gasteiger charge is -2.30. The van der Waals surface area contributed by atoms with Crippen molar-refractivity contribution in [3.05, 3.63) is 47.9 Å². The summed E-state index contributed by atoms with van der Waals surface area (Å²) in [5, 5.41) is 25.6. The second-order valence-electron chi connectivity index (χ2n) is 9.96. The minimum Gasteiger partial charge on any atom is -0.396 e. The molecule has 10 heteroatoms. The van der Waals surface area contributed by atoms with Crippen LogP contribution >= 0.6 is 0 Å². The lowest BCUT2D eigenvalue weighted by molar-refractivity contribution is -0.0404. The molecule has 1 aliphatic carbocycles. The van der Waals surface area contributed by atoms with Crippen LogP contribution in [0.5, 0.6) is 0 Å². The highest BCUT2D eigenvalue weighted by atomic mass is 19.1. The lowest BCUT2D eigenvalue weighted by Crippen LogP contribution is -2.43. The van der Waals surface area contributed by atoms with Gasteiger partial charge in [-0.2, -0.15) is 5.26 Å². The molecule has 3 heterocycles. The van der Waals surface area contributed by atoms with Gasteiger partial charge in [0.2, 0.25) is 0 Å². The molecule has 0 spiro atoms. The summed E-state index contributed by atoms with van der Waals surface area (Å²) in [5.41, 5.74) is 0.0333. The normalized spacial score (nSPS) is 20.4. The monoisotopic (exact) mass is 511 g/mol. The third-order valence-corrected chi connectivity index (χ3v) is 6.90. The largest absolute Gasteiger partial charge is 0.396 e. The van der Waals surface area contributed by atoms with Gasteiger partial charge in [-0.15, -0.1) is 0 Å². The molecule has 196 valence electrons. The number of nitrogens with one attached hydrogen (secondary N) is 2. The zero-order valence-electron chi connectivity index (χ0n) is 23.9. The SMILES string of the molecule is [2H]C([2H])([2H])OC(C)(C)[C@H](F)CNC(=O)c1cnc(-n2ccc3cc(C#N)cnc32)cc1NC1CCCC(CO)C1. The van der Waals surface area contributed by atoms with E-state index in [0.29, 0.717) is 22.7 Å². The number of pyridine rings is 2. The summed E-state index contributed by atoms with van der Waals surface area (Å²) in [5.74, 6) is 0.0541. The van der Waals surface area contributed by atoms with Crippen molar-refractivity contribution in [2.75, 3.05) is 25.5 Å².